The first-order chi connectivity index (χ1) is 6.92. The van der Waals surface area contributed by atoms with Crippen LogP contribution in [0.4, 0.5) is 0 Å². The quantitative estimate of drug-likeness (QED) is 0.535. The molecule has 4 nitrogen and oxygen atoms in total. The first-order valence-electron chi connectivity index (χ1n) is 5.51. The molecule has 0 saturated heterocycles. The first kappa shape index (κ1) is 14.4. The molecule has 3 N–H and O–H groups in total. The van der Waals surface area contributed by atoms with E-state index < -0.39 is 11.5 Å². The molecule has 0 aliphatic carbocycles. The van der Waals surface area contributed by atoms with Crippen LogP contribution in [0, 0.1) is 5.92 Å². The number of hydrogen-bond donors (Lipinski definition) is 3. The van der Waals surface area contributed by atoms with E-state index in [1.807, 2.05) is 0 Å². The topological polar surface area (TPSA) is 69.6 Å². The molecule has 15 heavy (non-hydrogen) atoms. The Labute approximate surface area is 91.7 Å². The highest BCUT2D eigenvalue weighted by atomic mass is 16.4. The summed E-state index contributed by atoms with van der Waals surface area (Å²) < 4.78 is 0. The zero-order chi connectivity index (χ0) is 11.9. The molecule has 0 aliphatic rings. The molecule has 4 heteroatoms. The van der Waals surface area contributed by atoms with Crippen molar-refractivity contribution >= 4 is 5.97 Å². The monoisotopic (exact) mass is 217 g/mol. The molecule has 0 aromatic carbocycles. The molecule has 0 aromatic rings. The predicted octanol–water partition coefficient (Wildman–Crippen LogP) is 1.24. The van der Waals surface area contributed by atoms with E-state index in [0.717, 1.165) is 6.42 Å². The van der Waals surface area contributed by atoms with Crippen LogP contribution >= 0.6 is 0 Å². The van der Waals surface area contributed by atoms with E-state index in [1.165, 1.54) is 0 Å². The van der Waals surface area contributed by atoms with Gasteiger partial charge in [-0.3, -0.25) is 4.79 Å². The van der Waals surface area contributed by atoms with Crippen LogP contribution in [-0.2, 0) is 4.79 Å². The Bertz CT molecular complexity index is 194. The third kappa shape index (κ3) is 5.74. The second-order valence-electron chi connectivity index (χ2n) is 4.57. The highest BCUT2D eigenvalue weighted by Gasteiger charge is 2.31. The highest BCUT2D eigenvalue weighted by molar-refractivity contribution is 5.78. The van der Waals surface area contributed by atoms with Crippen LogP contribution < -0.4 is 5.32 Å². The summed E-state index contributed by atoms with van der Waals surface area (Å²) >= 11 is 0. The number of hydrogen-bond acceptors (Lipinski definition) is 3. The average Bonchev–Trinajstić information content (AvgIpc) is 2.15. The number of carboxylic acid groups (broad SMARTS) is 1. The fraction of sp³-hybridized carbons (Fsp3) is 0.909. The third-order valence-corrected chi connectivity index (χ3v) is 2.54. The fourth-order valence-electron chi connectivity index (χ4n) is 1.29. The number of carboxylic acids is 1. The molecule has 0 aromatic heterocycles. The largest absolute Gasteiger partial charge is 0.480 e. The maximum atomic E-state index is 11.1. The van der Waals surface area contributed by atoms with E-state index in [2.05, 4.69) is 19.2 Å². The van der Waals surface area contributed by atoms with E-state index >= 15 is 0 Å². The lowest BCUT2D eigenvalue weighted by Gasteiger charge is -2.27. The van der Waals surface area contributed by atoms with Gasteiger partial charge in [0.1, 0.15) is 5.54 Å². The Morgan fingerprint density at radius 1 is 1.47 bits per heavy atom. The molecule has 0 aliphatic heterocycles. The highest BCUT2D eigenvalue weighted by Crippen LogP contribution is 2.16. The lowest BCUT2D eigenvalue weighted by atomic mass is 9.92. The Morgan fingerprint density at radius 3 is 2.47 bits per heavy atom. The van der Waals surface area contributed by atoms with Crippen molar-refractivity contribution in [1.29, 1.82) is 0 Å². The van der Waals surface area contributed by atoms with Crippen LogP contribution in [0.15, 0.2) is 0 Å². The minimum Gasteiger partial charge on any atom is -0.480 e. The molecule has 0 bridgehead atoms. The van der Waals surface area contributed by atoms with Gasteiger partial charge in [0.05, 0.1) is 0 Å². The Kier molecular flexibility index (Phi) is 6.52. The minimum absolute atomic E-state index is 0.0902. The first-order valence-corrected chi connectivity index (χ1v) is 5.51. The Hall–Kier alpha value is -0.610. The summed E-state index contributed by atoms with van der Waals surface area (Å²) in [5.41, 5.74) is -0.862. The van der Waals surface area contributed by atoms with Gasteiger partial charge >= 0.3 is 5.97 Å². The molecule has 0 radical (unpaired) electrons. The van der Waals surface area contributed by atoms with Gasteiger partial charge < -0.3 is 15.5 Å². The average molecular weight is 217 g/mol. The standard InChI is InChI=1S/C11H23NO3/c1-9(2)5-6-11(3,10(14)15)12-7-4-8-13/h9,12-13H,4-8H2,1-3H3,(H,14,15). The van der Waals surface area contributed by atoms with E-state index in [0.29, 0.717) is 25.3 Å². The number of aliphatic hydroxyl groups excluding tert-OH is 1. The number of nitrogens with one attached hydrogen (secondary N) is 1. The number of rotatable bonds is 8. The van der Waals surface area contributed by atoms with Crippen molar-refractivity contribution in [3.63, 3.8) is 0 Å². The maximum Gasteiger partial charge on any atom is 0.323 e. The number of aliphatic hydroxyl groups is 1. The third-order valence-electron chi connectivity index (χ3n) is 2.54. The van der Waals surface area contributed by atoms with Gasteiger partial charge in [-0.25, -0.2) is 0 Å². The maximum absolute atomic E-state index is 11.1. The van der Waals surface area contributed by atoms with Gasteiger partial charge in [0, 0.05) is 6.61 Å². The smallest absolute Gasteiger partial charge is 0.323 e. The van der Waals surface area contributed by atoms with Crippen molar-refractivity contribution in [3.8, 4) is 0 Å². The van der Waals surface area contributed by atoms with Crippen LogP contribution in [0.1, 0.15) is 40.0 Å². The molecule has 90 valence electrons. The van der Waals surface area contributed by atoms with E-state index in [-0.39, 0.29) is 6.61 Å². The summed E-state index contributed by atoms with van der Waals surface area (Å²) in [6.45, 7) is 6.49. The van der Waals surface area contributed by atoms with Crippen molar-refractivity contribution < 1.29 is 15.0 Å². The number of carbonyl (C=O) groups is 1. The fourth-order valence-corrected chi connectivity index (χ4v) is 1.29. The van der Waals surface area contributed by atoms with Crippen LogP contribution in [0.25, 0.3) is 0 Å². The molecular weight excluding hydrogens is 194 g/mol. The second-order valence-corrected chi connectivity index (χ2v) is 4.57. The Morgan fingerprint density at radius 2 is 2.07 bits per heavy atom. The summed E-state index contributed by atoms with van der Waals surface area (Å²) in [4.78, 5) is 11.1. The zero-order valence-electron chi connectivity index (χ0n) is 9.92. The summed E-state index contributed by atoms with van der Waals surface area (Å²) in [5, 5.41) is 20.7. The van der Waals surface area contributed by atoms with Gasteiger partial charge in [-0.2, -0.15) is 0 Å². The summed E-state index contributed by atoms with van der Waals surface area (Å²) in [5.74, 6) is -0.315. The summed E-state index contributed by atoms with van der Waals surface area (Å²) in [6.07, 6.45) is 2.09. The van der Waals surface area contributed by atoms with Crippen molar-refractivity contribution in [2.24, 2.45) is 5.92 Å². The van der Waals surface area contributed by atoms with Crippen molar-refractivity contribution in [1.82, 2.24) is 5.32 Å². The normalized spacial score (nSPS) is 15.3. The Balaban J connectivity index is 4.13. The molecule has 1 unspecified atom stereocenters. The second kappa shape index (κ2) is 6.80. The van der Waals surface area contributed by atoms with Crippen molar-refractivity contribution in [2.45, 2.75) is 45.6 Å². The van der Waals surface area contributed by atoms with Crippen molar-refractivity contribution in [2.75, 3.05) is 13.2 Å². The summed E-state index contributed by atoms with van der Waals surface area (Å²) in [6, 6.07) is 0. The van der Waals surface area contributed by atoms with Gasteiger partial charge in [-0.15, -0.1) is 0 Å². The molecule has 0 heterocycles. The van der Waals surface area contributed by atoms with Crippen LogP contribution in [0.3, 0.4) is 0 Å². The van der Waals surface area contributed by atoms with Gasteiger partial charge in [-0.1, -0.05) is 13.8 Å². The van der Waals surface area contributed by atoms with Gasteiger partial charge in [0.2, 0.25) is 0 Å². The lowest BCUT2D eigenvalue weighted by Crippen LogP contribution is -2.50. The van der Waals surface area contributed by atoms with E-state index in [1.54, 1.807) is 6.92 Å². The molecule has 0 spiro atoms. The molecule has 0 rings (SSSR count). The molecule has 0 saturated carbocycles. The van der Waals surface area contributed by atoms with E-state index in [9.17, 15) is 4.79 Å². The van der Waals surface area contributed by atoms with Crippen LogP contribution in [0.5, 0.6) is 0 Å². The van der Waals surface area contributed by atoms with Gasteiger partial charge in [0.25, 0.3) is 0 Å². The van der Waals surface area contributed by atoms with Crippen LogP contribution in [0.2, 0.25) is 0 Å². The SMILES string of the molecule is CC(C)CCC(C)(NCCCO)C(=O)O. The van der Waals surface area contributed by atoms with Gasteiger partial charge in [0.15, 0.2) is 0 Å². The molecule has 0 amide bonds. The molecule has 0 fully saturated rings. The number of aliphatic carboxylic acids is 1. The minimum atomic E-state index is -0.862. The molecule has 1 atom stereocenters. The molecular formula is C11H23NO3. The van der Waals surface area contributed by atoms with Crippen LogP contribution in [-0.4, -0.2) is 34.9 Å². The lowest BCUT2D eigenvalue weighted by molar-refractivity contribution is -0.144. The summed E-state index contributed by atoms with van der Waals surface area (Å²) in [7, 11) is 0. The van der Waals surface area contributed by atoms with Gasteiger partial charge in [-0.05, 0) is 38.6 Å². The van der Waals surface area contributed by atoms with E-state index in [4.69, 9.17) is 10.2 Å². The predicted molar refractivity (Wildman–Crippen MR) is 59.8 cm³/mol. The van der Waals surface area contributed by atoms with Crippen molar-refractivity contribution in [3.05, 3.63) is 0 Å². The zero-order valence-corrected chi connectivity index (χ0v) is 9.92.